The van der Waals surface area contributed by atoms with Crippen LogP contribution < -0.4 is 4.90 Å². The monoisotopic (exact) mass is 218 g/mol. The average Bonchev–Trinajstić information content (AvgIpc) is 2.94. The van der Waals surface area contributed by atoms with Crippen molar-refractivity contribution in [3.8, 4) is 0 Å². The van der Waals surface area contributed by atoms with E-state index in [2.05, 4.69) is 23.9 Å². The van der Waals surface area contributed by atoms with E-state index in [9.17, 15) is 4.79 Å². The molecule has 0 aromatic carbocycles. The van der Waals surface area contributed by atoms with E-state index in [0.717, 1.165) is 24.1 Å². The Morgan fingerprint density at radius 2 is 2.25 bits per heavy atom. The molecule has 0 amide bonds. The van der Waals surface area contributed by atoms with E-state index in [1.165, 1.54) is 13.3 Å². The number of hydrogen-bond acceptors (Lipinski definition) is 3. The Labute approximate surface area is 96.5 Å². The van der Waals surface area contributed by atoms with Crippen molar-refractivity contribution < 1.29 is 4.79 Å². The van der Waals surface area contributed by atoms with Crippen molar-refractivity contribution in [2.45, 2.75) is 20.3 Å². The molecule has 0 saturated heterocycles. The molecule has 0 aliphatic heterocycles. The lowest BCUT2D eigenvalue weighted by Gasteiger charge is -2.18. The van der Waals surface area contributed by atoms with Crippen LogP contribution in [0.25, 0.3) is 0 Å². The number of Topliss-reactive ketones (excluding diaryl/α,β-unsaturated/α-hetero) is 1. The van der Waals surface area contributed by atoms with Crippen molar-refractivity contribution >= 4 is 11.5 Å². The SMILES string of the molecule is CC(=O)c1ccc(N(C)CC2CC2C)cn1. The molecule has 2 atom stereocenters. The van der Waals surface area contributed by atoms with Gasteiger partial charge >= 0.3 is 0 Å². The molecule has 1 fully saturated rings. The molecule has 0 N–H and O–H groups in total. The zero-order chi connectivity index (χ0) is 11.7. The maximum absolute atomic E-state index is 11.1. The number of ketones is 1. The number of pyridine rings is 1. The Balaban J connectivity index is 2.00. The molecule has 3 heteroatoms. The smallest absolute Gasteiger partial charge is 0.178 e. The highest BCUT2D eigenvalue weighted by Gasteiger charge is 2.33. The molecular weight excluding hydrogens is 200 g/mol. The molecule has 0 radical (unpaired) electrons. The Morgan fingerprint density at radius 1 is 1.56 bits per heavy atom. The van der Waals surface area contributed by atoms with Crippen LogP contribution in [0.4, 0.5) is 5.69 Å². The van der Waals surface area contributed by atoms with Crippen LogP contribution >= 0.6 is 0 Å². The number of anilines is 1. The second-order valence-electron chi connectivity index (χ2n) is 4.81. The van der Waals surface area contributed by atoms with Gasteiger partial charge in [-0.2, -0.15) is 0 Å². The fourth-order valence-electron chi connectivity index (χ4n) is 1.93. The zero-order valence-electron chi connectivity index (χ0n) is 10.1. The molecule has 1 aromatic rings. The van der Waals surface area contributed by atoms with E-state index >= 15 is 0 Å². The van der Waals surface area contributed by atoms with Crippen LogP contribution in [-0.4, -0.2) is 24.4 Å². The third-order valence-electron chi connectivity index (χ3n) is 3.33. The van der Waals surface area contributed by atoms with Crippen LogP contribution in [0.1, 0.15) is 30.8 Å². The first-order valence-corrected chi connectivity index (χ1v) is 5.76. The molecule has 3 nitrogen and oxygen atoms in total. The van der Waals surface area contributed by atoms with E-state index in [-0.39, 0.29) is 5.78 Å². The van der Waals surface area contributed by atoms with E-state index in [4.69, 9.17) is 0 Å². The second kappa shape index (κ2) is 4.24. The summed E-state index contributed by atoms with van der Waals surface area (Å²) >= 11 is 0. The third-order valence-corrected chi connectivity index (χ3v) is 3.33. The van der Waals surface area contributed by atoms with Gasteiger partial charge in [0.15, 0.2) is 5.78 Å². The number of carbonyl (C=O) groups is 1. The number of hydrogen-bond donors (Lipinski definition) is 0. The van der Waals surface area contributed by atoms with E-state index in [1.54, 1.807) is 12.3 Å². The van der Waals surface area contributed by atoms with E-state index < -0.39 is 0 Å². The van der Waals surface area contributed by atoms with Gasteiger partial charge in [-0.15, -0.1) is 0 Å². The minimum absolute atomic E-state index is 0.0185. The van der Waals surface area contributed by atoms with E-state index in [1.807, 2.05) is 6.07 Å². The Bertz CT molecular complexity index is 385. The maximum Gasteiger partial charge on any atom is 0.178 e. The summed E-state index contributed by atoms with van der Waals surface area (Å²) in [6.07, 6.45) is 3.12. The molecular formula is C13H18N2O. The minimum atomic E-state index is 0.0185. The summed E-state index contributed by atoms with van der Waals surface area (Å²) in [4.78, 5) is 17.4. The lowest BCUT2D eigenvalue weighted by atomic mass is 10.2. The predicted octanol–water partition coefficient (Wildman–Crippen LogP) is 2.38. The predicted molar refractivity (Wildman–Crippen MR) is 64.8 cm³/mol. The lowest BCUT2D eigenvalue weighted by Crippen LogP contribution is -2.20. The van der Waals surface area contributed by atoms with Crippen molar-refractivity contribution in [2.75, 3.05) is 18.5 Å². The highest BCUT2D eigenvalue weighted by atomic mass is 16.1. The summed E-state index contributed by atoms with van der Waals surface area (Å²) in [5.41, 5.74) is 1.63. The van der Waals surface area contributed by atoms with Gasteiger partial charge < -0.3 is 4.90 Å². The summed E-state index contributed by atoms with van der Waals surface area (Å²) < 4.78 is 0. The van der Waals surface area contributed by atoms with Crippen molar-refractivity contribution in [1.82, 2.24) is 4.98 Å². The van der Waals surface area contributed by atoms with Crippen LogP contribution in [0.2, 0.25) is 0 Å². The van der Waals surface area contributed by atoms with Crippen LogP contribution in [-0.2, 0) is 0 Å². The van der Waals surface area contributed by atoms with Gasteiger partial charge in [-0.25, -0.2) is 0 Å². The number of nitrogens with zero attached hydrogens (tertiary/aromatic N) is 2. The third kappa shape index (κ3) is 2.40. The highest BCUT2D eigenvalue weighted by molar-refractivity contribution is 5.92. The topological polar surface area (TPSA) is 33.2 Å². The lowest BCUT2D eigenvalue weighted by molar-refractivity contribution is 0.101. The fourth-order valence-corrected chi connectivity index (χ4v) is 1.93. The van der Waals surface area contributed by atoms with Crippen molar-refractivity contribution in [3.63, 3.8) is 0 Å². The quantitative estimate of drug-likeness (QED) is 0.727. The first-order valence-electron chi connectivity index (χ1n) is 5.76. The normalized spacial score (nSPS) is 22.9. The van der Waals surface area contributed by atoms with Crippen LogP contribution in [0.3, 0.4) is 0 Å². The molecule has 2 unspecified atom stereocenters. The number of aromatic nitrogens is 1. The Hall–Kier alpha value is -1.38. The van der Waals surface area contributed by atoms with Crippen LogP contribution in [0, 0.1) is 11.8 Å². The van der Waals surface area contributed by atoms with Gasteiger partial charge in [0.1, 0.15) is 5.69 Å². The number of carbonyl (C=O) groups excluding carboxylic acids is 1. The highest BCUT2D eigenvalue weighted by Crippen LogP contribution is 2.38. The molecule has 16 heavy (non-hydrogen) atoms. The molecule has 1 aliphatic carbocycles. The van der Waals surface area contributed by atoms with Crippen molar-refractivity contribution in [3.05, 3.63) is 24.0 Å². The second-order valence-corrected chi connectivity index (χ2v) is 4.81. The van der Waals surface area contributed by atoms with Gasteiger partial charge in [-0.05, 0) is 30.4 Å². The summed E-state index contributed by atoms with van der Waals surface area (Å²) in [5.74, 6) is 1.72. The molecule has 0 bridgehead atoms. The zero-order valence-corrected chi connectivity index (χ0v) is 10.1. The molecule has 86 valence electrons. The molecule has 0 spiro atoms. The maximum atomic E-state index is 11.1. The van der Waals surface area contributed by atoms with Gasteiger partial charge in [0.25, 0.3) is 0 Å². The molecule has 2 rings (SSSR count). The van der Waals surface area contributed by atoms with Crippen molar-refractivity contribution in [2.24, 2.45) is 11.8 Å². The van der Waals surface area contributed by atoms with Gasteiger partial charge in [0.05, 0.1) is 11.9 Å². The van der Waals surface area contributed by atoms with Gasteiger partial charge in [-0.3, -0.25) is 9.78 Å². The van der Waals surface area contributed by atoms with Crippen LogP contribution in [0.15, 0.2) is 18.3 Å². The van der Waals surface area contributed by atoms with Gasteiger partial charge in [0.2, 0.25) is 0 Å². The fraction of sp³-hybridized carbons (Fsp3) is 0.538. The molecule has 1 saturated carbocycles. The van der Waals surface area contributed by atoms with Gasteiger partial charge in [0, 0.05) is 20.5 Å². The molecule has 1 aliphatic rings. The first kappa shape index (κ1) is 11.1. The van der Waals surface area contributed by atoms with Crippen LogP contribution in [0.5, 0.6) is 0 Å². The Morgan fingerprint density at radius 3 is 2.69 bits per heavy atom. The summed E-state index contributed by atoms with van der Waals surface area (Å²) in [6, 6.07) is 3.77. The molecule has 1 aromatic heterocycles. The standard InChI is InChI=1S/C13H18N2O/c1-9-6-11(9)8-15(3)12-4-5-13(10(2)16)14-7-12/h4-5,7,9,11H,6,8H2,1-3H3. The summed E-state index contributed by atoms with van der Waals surface area (Å²) in [6.45, 7) is 4.91. The summed E-state index contributed by atoms with van der Waals surface area (Å²) in [7, 11) is 2.08. The van der Waals surface area contributed by atoms with E-state index in [0.29, 0.717) is 5.69 Å². The number of rotatable bonds is 4. The summed E-state index contributed by atoms with van der Waals surface area (Å²) in [5, 5.41) is 0. The first-order chi connectivity index (χ1) is 7.58. The Kier molecular flexibility index (Phi) is 2.95. The minimum Gasteiger partial charge on any atom is -0.373 e. The van der Waals surface area contributed by atoms with Gasteiger partial charge in [-0.1, -0.05) is 6.92 Å². The van der Waals surface area contributed by atoms with Crippen molar-refractivity contribution in [1.29, 1.82) is 0 Å². The molecule has 1 heterocycles. The largest absolute Gasteiger partial charge is 0.373 e. The average molecular weight is 218 g/mol.